The largest absolute Gasteiger partial charge is 0.496 e. The number of methoxy groups -OCH3 is 2. The van der Waals surface area contributed by atoms with E-state index >= 15 is 0 Å². The Balaban J connectivity index is 2.42. The van der Waals surface area contributed by atoms with E-state index in [0.717, 1.165) is 11.1 Å². The Morgan fingerprint density at radius 2 is 1.69 bits per heavy atom. The fraction of sp³-hybridized carbons (Fsp3) is 0.381. The average Bonchev–Trinajstić information content (AvgIpc) is 2.57. The van der Waals surface area contributed by atoms with Gasteiger partial charge in [-0.1, -0.05) is 32.9 Å². The van der Waals surface area contributed by atoms with Gasteiger partial charge in [0.25, 0.3) is 0 Å². The first-order valence-electron chi connectivity index (χ1n) is 8.51. The van der Waals surface area contributed by atoms with E-state index in [2.05, 4.69) is 26.1 Å². The van der Waals surface area contributed by atoms with Gasteiger partial charge in [0, 0.05) is 12.2 Å². The quantitative estimate of drug-likeness (QED) is 0.789. The van der Waals surface area contributed by atoms with Gasteiger partial charge in [0.15, 0.2) is 0 Å². The highest BCUT2D eigenvalue weighted by Crippen LogP contribution is 2.36. The van der Waals surface area contributed by atoms with E-state index < -0.39 is 5.97 Å². The summed E-state index contributed by atoms with van der Waals surface area (Å²) >= 11 is 0. The van der Waals surface area contributed by atoms with Crippen molar-refractivity contribution in [1.29, 1.82) is 0 Å². The molecule has 0 aliphatic heterocycles. The van der Waals surface area contributed by atoms with Gasteiger partial charge >= 0.3 is 5.97 Å². The Bertz CT molecular complexity index is 781. The number of anilines is 1. The molecule has 0 heterocycles. The van der Waals surface area contributed by atoms with E-state index in [-0.39, 0.29) is 11.0 Å². The van der Waals surface area contributed by atoms with Crippen molar-refractivity contribution in [2.75, 3.05) is 19.5 Å². The molecular weight excluding hydrogens is 330 g/mol. The minimum atomic E-state index is -0.951. The van der Waals surface area contributed by atoms with E-state index in [9.17, 15) is 9.90 Å². The van der Waals surface area contributed by atoms with E-state index in [1.807, 2.05) is 18.2 Å². The summed E-state index contributed by atoms with van der Waals surface area (Å²) in [6, 6.07) is 9.40. The number of carbonyl (C=O) groups is 1. The van der Waals surface area contributed by atoms with Gasteiger partial charge in [-0.25, -0.2) is 4.79 Å². The van der Waals surface area contributed by atoms with Crippen LogP contribution in [0.15, 0.2) is 30.3 Å². The topological polar surface area (TPSA) is 67.8 Å². The summed E-state index contributed by atoms with van der Waals surface area (Å²) in [5.41, 5.74) is 3.47. The minimum Gasteiger partial charge on any atom is -0.496 e. The van der Waals surface area contributed by atoms with Crippen LogP contribution in [0.2, 0.25) is 0 Å². The molecule has 0 spiro atoms. The van der Waals surface area contributed by atoms with Crippen LogP contribution in [0.5, 0.6) is 11.5 Å². The zero-order valence-electron chi connectivity index (χ0n) is 16.3. The number of rotatable bonds is 6. The maximum atomic E-state index is 11.6. The van der Waals surface area contributed by atoms with Gasteiger partial charge in [-0.3, -0.25) is 0 Å². The highest BCUT2D eigenvalue weighted by Gasteiger charge is 2.20. The second-order valence-corrected chi connectivity index (χ2v) is 7.27. The van der Waals surface area contributed by atoms with Crippen molar-refractivity contribution in [3.05, 3.63) is 52.6 Å². The summed E-state index contributed by atoms with van der Waals surface area (Å²) < 4.78 is 11.2. The Labute approximate surface area is 155 Å². The molecule has 5 heteroatoms. The lowest BCUT2D eigenvalue weighted by molar-refractivity contribution is 0.0697. The third-order valence-corrected chi connectivity index (χ3v) is 4.42. The normalized spacial score (nSPS) is 11.2. The number of aryl methyl sites for hydroxylation is 1. The summed E-state index contributed by atoms with van der Waals surface area (Å²) in [6.07, 6.45) is 0. The summed E-state index contributed by atoms with van der Waals surface area (Å²) in [6.45, 7) is 8.56. The van der Waals surface area contributed by atoms with Crippen molar-refractivity contribution in [2.45, 2.75) is 39.7 Å². The maximum Gasteiger partial charge on any atom is 0.338 e. The minimum absolute atomic E-state index is 0.0421. The van der Waals surface area contributed by atoms with Crippen LogP contribution in [-0.2, 0) is 12.0 Å². The fourth-order valence-corrected chi connectivity index (χ4v) is 2.87. The predicted molar refractivity (Wildman–Crippen MR) is 104 cm³/mol. The summed E-state index contributed by atoms with van der Waals surface area (Å²) in [7, 11) is 3.25. The lowest BCUT2D eigenvalue weighted by Crippen LogP contribution is -2.14. The molecule has 0 saturated heterocycles. The molecule has 26 heavy (non-hydrogen) atoms. The van der Waals surface area contributed by atoms with Gasteiger partial charge in [-0.2, -0.15) is 0 Å². The number of benzene rings is 2. The van der Waals surface area contributed by atoms with Crippen LogP contribution in [0.1, 0.15) is 47.8 Å². The Morgan fingerprint density at radius 3 is 2.15 bits per heavy atom. The summed E-state index contributed by atoms with van der Waals surface area (Å²) in [4.78, 5) is 11.6. The number of ether oxygens (including phenoxy) is 2. The summed E-state index contributed by atoms with van der Waals surface area (Å²) in [5.74, 6) is 0.477. The molecule has 2 N–H and O–H groups in total. The number of hydrogen-bond donors (Lipinski definition) is 2. The predicted octanol–water partition coefficient (Wildman–Crippen LogP) is 4.62. The first-order chi connectivity index (χ1) is 12.2. The Kier molecular flexibility index (Phi) is 5.80. The fourth-order valence-electron chi connectivity index (χ4n) is 2.87. The first kappa shape index (κ1) is 19.6. The number of carboxylic acids is 1. The van der Waals surface area contributed by atoms with Crippen molar-refractivity contribution in [1.82, 2.24) is 0 Å². The molecule has 0 atom stereocenters. The third-order valence-electron chi connectivity index (χ3n) is 4.42. The number of hydrogen-bond acceptors (Lipinski definition) is 4. The molecule has 2 rings (SSSR count). The smallest absolute Gasteiger partial charge is 0.338 e. The Morgan fingerprint density at radius 1 is 1.12 bits per heavy atom. The monoisotopic (exact) mass is 357 g/mol. The molecule has 0 unspecified atom stereocenters. The molecule has 140 valence electrons. The van der Waals surface area contributed by atoms with Crippen molar-refractivity contribution >= 4 is 11.7 Å². The van der Waals surface area contributed by atoms with Crippen LogP contribution in [-0.4, -0.2) is 25.3 Å². The van der Waals surface area contributed by atoms with Gasteiger partial charge in [0.1, 0.15) is 11.5 Å². The SMILES string of the molecule is COc1cc(C(C)(C)C)cc(OC)c1CNc1cccc(C)c1C(=O)O. The van der Waals surface area contributed by atoms with Gasteiger partial charge in [0.2, 0.25) is 0 Å². The molecular formula is C21H27NO4. The lowest BCUT2D eigenvalue weighted by Gasteiger charge is -2.23. The third kappa shape index (κ3) is 4.10. The van der Waals surface area contributed by atoms with Crippen LogP contribution < -0.4 is 14.8 Å². The first-order valence-corrected chi connectivity index (χ1v) is 8.51. The molecule has 0 bridgehead atoms. The average molecular weight is 357 g/mol. The standard InChI is InChI=1S/C21H27NO4/c1-13-8-7-9-16(19(13)20(23)24)22-12-15-17(25-5)10-14(21(2,3)4)11-18(15)26-6/h7-11,22H,12H2,1-6H3,(H,23,24). The van der Waals surface area contributed by atoms with Gasteiger partial charge in [-0.05, 0) is 41.7 Å². The highest BCUT2D eigenvalue weighted by atomic mass is 16.5. The maximum absolute atomic E-state index is 11.6. The van der Waals surface area contributed by atoms with Gasteiger partial charge < -0.3 is 19.9 Å². The van der Waals surface area contributed by atoms with Crippen LogP contribution in [0, 0.1) is 6.92 Å². The molecule has 0 radical (unpaired) electrons. The van der Waals surface area contributed by atoms with Crippen molar-refractivity contribution in [3.63, 3.8) is 0 Å². The van der Waals surface area contributed by atoms with Gasteiger partial charge in [0.05, 0.1) is 25.3 Å². The highest BCUT2D eigenvalue weighted by molar-refractivity contribution is 5.95. The van der Waals surface area contributed by atoms with E-state index in [1.165, 1.54) is 0 Å². The van der Waals surface area contributed by atoms with E-state index in [0.29, 0.717) is 29.3 Å². The summed E-state index contributed by atoms with van der Waals surface area (Å²) in [5, 5.41) is 12.7. The molecule has 2 aromatic rings. The van der Waals surface area contributed by atoms with Crippen LogP contribution in [0.3, 0.4) is 0 Å². The molecule has 0 aromatic heterocycles. The molecule has 0 aliphatic carbocycles. The second kappa shape index (κ2) is 7.68. The van der Waals surface area contributed by atoms with Crippen LogP contribution in [0.4, 0.5) is 5.69 Å². The number of nitrogens with one attached hydrogen (secondary N) is 1. The molecule has 0 amide bonds. The zero-order valence-corrected chi connectivity index (χ0v) is 16.3. The lowest BCUT2D eigenvalue weighted by atomic mass is 9.86. The van der Waals surface area contributed by atoms with Crippen molar-refractivity contribution in [2.24, 2.45) is 0 Å². The molecule has 2 aromatic carbocycles. The molecule has 0 saturated carbocycles. The number of aromatic carboxylic acids is 1. The Hall–Kier alpha value is -2.69. The van der Waals surface area contributed by atoms with Gasteiger partial charge in [-0.15, -0.1) is 0 Å². The van der Waals surface area contributed by atoms with E-state index in [4.69, 9.17) is 9.47 Å². The van der Waals surface area contributed by atoms with Crippen LogP contribution >= 0.6 is 0 Å². The van der Waals surface area contributed by atoms with E-state index in [1.54, 1.807) is 33.3 Å². The molecule has 0 fully saturated rings. The van der Waals surface area contributed by atoms with Crippen LogP contribution in [0.25, 0.3) is 0 Å². The van der Waals surface area contributed by atoms with Crippen molar-refractivity contribution < 1.29 is 19.4 Å². The number of carboxylic acid groups (broad SMARTS) is 1. The van der Waals surface area contributed by atoms with Crippen molar-refractivity contribution in [3.8, 4) is 11.5 Å². The second-order valence-electron chi connectivity index (χ2n) is 7.27. The molecule has 0 aliphatic rings. The molecule has 5 nitrogen and oxygen atoms in total. The zero-order chi connectivity index (χ0) is 19.5.